The summed E-state index contributed by atoms with van der Waals surface area (Å²) in [6, 6.07) is 3.88. The van der Waals surface area contributed by atoms with Gasteiger partial charge in [0, 0.05) is 11.9 Å². The minimum absolute atomic E-state index is 0.0218. The van der Waals surface area contributed by atoms with E-state index in [2.05, 4.69) is 15.3 Å². The second kappa shape index (κ2) is 9.54. The van der Waals surface area contributed by atoms with Crippen molar-refractivity contribution in [3.63, 3.8) is 0 Å². The monoisotopic (exact) mass is 520 g/mol. The van der Waals surface area contributed by atoms with Crippen LogP contribution in [-0.2, 0) is 21.2 Å². The van der Waals surface area contributed by atoms with Crippen molar-refractivity contribution < 1.29 is 36.3 Å². The molecule has 4 N–H and O–H groups in total. The SMILES string of the molecule is NC(=O)c1nc(CO)c(-c2csc(NCC(C=O)c3ccc(S(=O)(=O)C(F)(F)F)cc3)n2)s1. The number of aliphatic hydroxyl groups excluding tert-OH is 1. The van der Waals surface area contributed by atoms with Gasteiger partial charge < -0.3 is 21.0 Å². The number of halogens is 3. The van der Waals surface area contributed by atoms with E-state index in [0.29, 0.717) is 27.6 Å². The molecule has 1 amide bonds. The third-order valence-electron chi connectivity index (χ3n) is 4.36. The Balaban J connectivity index is 1.73. The minimum atomic E-state index is -5.48. The summed E-state index contributed by atoms with van der Waals surface area (Å²) in [6.45, 7) is -0.392. The fourth-order valence-electron chi connectivity index (χ4n) is 2.69. The topological polar surface area (TPSA) is 152 Å². The Labute approximate surface area is 193 Å². The molecule has 0 bridgehead atoms. The van der Waals surface area contributed by atoms with Crippen molar-refractivity contribution in [3.05, 3.63) is 45.9 Å². The van der Waals surface area contributed by atoms with Gasteiger partial charge >= 0.3 is 5.51 Å². The molecule has 0 aliphatic carbocycles. The van der Waals surface area contributed by atoms with Gasteiger partial charge in [-0.15, -0.1) is 22.7 Å². The number of aromatic nitrogens is 2. The van der Waals surface area contributed by atoms with Crippen LogP contribution in [0.15, 0.2) is 34.5 Å². The Hall–Kier alpha value is -2.88. The number of aldehydes is 1. The van der Waals surface area contributed by atoms with Crippen LogP contribution in [0.1, 0.15) is 27.0 Å². The van der Waals surface area contributed by atoms with Crippen molar-refractivity contribution in [3.8, 4) is 10.6 Å². The normalized spacial score (nSPS) is 13.0. The zero-order valence-electron chi connectivity index (χ0n) is 16.4. The van der Waals surface area contributed by atoms with E-state index in [1.165, 1.54) is 11.3 Å². The number of benzene rings is 1. The Morgan fingerprint density at radius 2 is 1.91 bits per heavy atom. The Bertz CT molecular complexity index is 1270. The quantitative estimate of drug-likeness (QED) is 0.364. The highest BCUT2D eigenvalue weighted by Gasteiger charge is 2.46. The highest BCUT2D eigenvalue weighted by Crippen LogP contribution is 2.33. The number of hydrogen-bond donors (Lipinski definition) is 3. The Morgan fingerprint density at radius 3 is 2.45 bits per heavy atom. The van der Waals surface area contributed by atoms with Gasteiger partial charge in [0.05, 0.1) is 33.7 Å². The lowest BCUT2D eigenvalue weighted by Crippen LogP contribution is -2.23. The number of rotatable bonds is 9. The van der Waals surface area contributed by atoms with Gasteiger partial charge in [0.1, 0.15) is 6.29 Å². The molecule has 33 heavy (non-hydrogen) atoms. The minimum Gasteiger partial charge on any atom is -0.390 e. The first-order chi connectivity index (χ1) is 15.5. The average molecular weight is 521 g/mol. The van der Waals surface area contributed by atoms with Crippen molar-refractivity contribution in [1.82, 2.24) is 9.97 Å². The van der Waals surface area contributed by atoms with Gasteiger partial charge in [-0.1, -0.05) is 12.1 Å². The van der Waals surface area contributed by atoms with Crippen molar-refractivity contribution in [2.75, 3.05) is 11.9 Å². The number of anilines is 1. The highest BCUT2D eigenvalue weighted by atomic mass is 32.2. The molecule has 0 saturated carbocycles. The first-order valence-electron chi connectivity index (χ1n) is 8.94. The van der Waals surface area contributed by atoms with E-state index in [-0.39, 0.29) is 17.2 Å². The van der Waals surface area contributed by atoms with E-state index >= 15 is 0 Å². The Morgan fingerprint density at radius 1 is 1.24 bits per heavy atom. The fourth-order valence-corrected chi connectivity index (χ4v) is 5.13. The number of amides is 1. The molecule has 176 valence electrons. The summed E-state index contributed by atoms with van der Waals surface area (Å²) < 4.78 is 60.9. The molecule has 2 heterocycles. The predicted octanol–water partition coefficient (Wildman–Crippen LogP) is 2.55. The predicted molar refractivity (Wildman–Crippen MR) is 115 cm³/mol. The summed E-state index contributed by atoms with van der Waals surface area (Å²) in [5.41, 5.74) is 0.777. The molecule has 0 radical (unpaired) electrons. The van der Waals surface area contributed by atoms with E-state index in [1.54, 1.807) is 5.38 Å². The lowest BCUT2D eigenvalue weighted by atomic mass is 10.0. The third-order valence-corrected chi connectivity index (χ3v) is 7.79. The van der Waals surface area contributed by atoms with Gasteiger partial charge in [-0.05, 0) is 17.7 Å². The summed E-state index contributed by atoms with van der Waals surface area (Å²) in [6.07, 6.45) is 0.570. The summed E-state index contributed by atoms with van der Waals surface area (Å²) in [7, 11) is -5.48. The summed E-state index contributed by atoms with van der Waals surface area (Å²) >= 11 is 2.15. The molecule has 3 aromatic rings. The maximum atomic E-state index is 12.7. The molecule has 0 aliphatic heterocycles. The number of nitrogens with two attached hydrogens (primary N) is 1. The number of aliphatic hydroxyl groups is 1. The first kappa shape index (κ1) is 24.8. The highest BCUT2D eigenvalue weighted by molar-refractivity contribution is 7.92. The second-order valence-corrected chi connectivity index (χ2v) is 10.3. The lowest BCUT2D eigenvalue weighted by molar-refractivity contribution is -0.108. The van der Waals surface area contributed by atoms with Crippen LogP contribution in [0.2, 0.25) is 0 Å². The van der Waals surface area contributed by atoms with Crippen LogP contribution in [0, 0.1) is 0 Å². The van der Waals surface area contributed by atoms with E-state index in [9.17, 15) is 36.3 Å². The molecule has 0 saturated heterocycles. The zero-order chi connectivity index (χ0) is 24.4. The van der Waals surface area contributed by atoms with Crippen LogP contribution in [0.3, 0.4) is 0 Å². The smallest absolute Gasteiger partial charge is 0.390 e. The van der Waals surface area contributed by atoms with Gasteiger partial charge in [-0.2, -0.15) is 13.2 Å². The molecule has 1 unspecified atom stereocenters. The van der Waals surface area contributed by atoms with E-state index < -0.39 is 38.7 Å². The number of alkyl halides is 3. The number of hydrogen-bond acceptors (Lipinski definition) is 10. The fraction of sp³-hybridized carbons (Fsp3) is 0.222. The molecule has 0 aliphatic rings. The third kappa shape index (κ3) is 5.21. The number of carbonyl (C=O) groups excluding carboxylic acids is 2. The van der Waals surface area contributed by atoms with Crippen LogP contribution in [0.4, 0.5) is 18.3 Å². The number of sulfone groups is 1. The number of nitrogens with one attached hydrogen (secondary N) is 1. The largest absolute Gasteiger partial charge is 0.501 e. The van der Waals surface area contributed by atoms with E-state index in [4.69, 9.17) is 5.73 Å². The summed E-state index contributed by atoms with van der Waals surface area (Å²) in [5.74, 6) is -1.53. The maximum absolute atomic E-state index is 12.7. The number of thiazole rings is 2. The molecule has 9 nitrogen and oxygen atoms in total. The molecule has 0 spiro atoms. The van der Waals surface area contributed by atoms with Gasteiger partial charge in [-0.3, -0.25) is 4.79 Å². The molecule has 1 aromatic carbocycles. The van der Waals surface area contributed by atoms with Crippen LogP contribution >= 0.6 is 22.7 Å². The number of nitrogens with zero attached hydrogens (tertiary/aromatic N) is 2. The molecule has 2 aromatic heterocycles. The average Bonchev–Trinajstić information content (AvgIpc) is 3.40. The van der Waals surface area contributed by atoms with Crippen molar-refractivity contribution >= 4 is 49.8 Å². The van der Waals surface area contributed by atoms with Gasteiger partial charge in [0.2, 0.25) is 0 Å². The molecule has 1 atom stereocenters. The number of carbonyl (C=O) groups is 2. The van der Waals surface area contributed by atoms with Crippen LogP contribution in [-0.4, -0.2) is 47.7 Å². The zero-order valence-corrected chi connectivity index (χ0v) is 18.8. The van der Waals surface area contributed by atoms with Crippen LogP contribution < -0.4 is 11.1 Å². The maximum Gasteiger partial charge on any atom is 0.501 e. The first-order valence-corrected chi connectivity index (χ1v) is 12.1. The summed E-state index contributed by atoms with van der Waals surface area (Å²) in [5, 5.41) is 14.4. The van der Waals surface area contributed by atoms with Crippen LogP contribution in [0.25, 0.3) is 10.6 Å². The molecular formula is C18H15F3N4O5S3. The summed E-state index contributed by atoms with van der Waals surface area (Å²) in [4.78, 5) is 30.7. The van der Waals surface area contributed by atoms with E-state index in [0.717, 1.165) is 35.6 Å². The van der Waals surface area contributed by atoms with Gasteiger partial charge in [0.15, 0.2) is 10.1 Å². The molecule has 0 fully saturated rings. The molecular weight excluding hydrogens is 505 g/mol. The standard InChI is InChI=1S/C18H15F3N4O5S3/c19-18(20,21)33(29,30)11-3-1-9(2-4-11)10(6-26)5-23-17-25-13(8-31-17)14-12(7-27)24-16(32-14)15(22)28/h1-4,6,8,10,27H,5,7H2,(H2,22,28)(H,23,25). The Kier molecular flexibility index (Phi) is 7.16. The molecule has 3 rings (SSSR count). The van der Waals surface area contributed by atoms with Gasteiger partial charge in [-0.25, -0.2) is 18.4 Å². The van der Waals surface area contributed by atoms with E-state index in [1.807, 2.05) is 0 Å². The second-order valence-electron chi connectivity index (χ2n) is 6.50. The van der Waals surface area contributed by atoms with Crippen molar-refractivity contribution in [2.45, 2.75) is 22.9 Å². The van der Waals surface area contributed by atoms with Crippen molar-refractivity contribution in [2.24, 2.45) is 5.73 Å². The lowest BCUT2D eigenvalue weighted by Gasteiger charge is -2.13. The number of primary amides is 1. The molecule has 15 heteroatoms. The van der Waals surface area contributed by atoms with Crippen molar-refractivity contribution in [1.29, 1.82) is 0 Å². The van der Waals surface area contributed by atoms with Crippen LogP contribution in [0.5, 0.6) is 0 Å². The van der Waals surface area contributed by atoms with Gasteiger partial charge in [0.25, 0.3) is 15.7 Å².